The van der Waals surface area contributed by atoms with E-state index in [1.165, 1.54) is 12.0 Å². The molecule has 8 nitrogen and oxygen atoms in total. The fourth-order valence-electron chi connectivity index (χ4n) is 5.65. The van der Waals surface area contributed by atoms with Gasteiger partial charge in [0.25, 0.3) is 0 Å². The van der Waals surface area contributed by atoms with Crippen LogP contribution in [0.3, 0.4) is 0 Å². The van der Waals surface area contributed by atoms with Crippen LogP contribution in [0.15, 0.2) is 93.7 Å². The highest BCUT2D eigenvalue weighted by Gasteiger charge is 2.37. The number of anilines is 1. The summed E-state index contributed by atoms with van der Waals surface area (Å²) in [5, 5.41) is 8.84. The lowest BCUT2D eigenvalue weighted by atomic mass is 9.94. The van der Waals surface area contributed by atoms with E-state index in [0.717, 1.165) is 42.6 Å². The molecule has 228 valence electrons. The Morgan fingerprint density at radius 2 is 1.73 bits per heavy atom. The van der Waals surface area contributed by atoms with Crippen LogP contribution in [-0.2, 0) is 21.9 Å². The number of nitrogens with zero attached hydrogens (tertiary/aromatic N) is 3. The normalized spacial score (nSPS) is 16.7. The number of thioether (sulfide) groups is 1. The van der Waals surface area contributed by atoms with E-state index < -0.39 is 6.04 Å². The Balaban J connectivity index is 1.35. The Labute approximate surface area is 270 Å². The molecule has 3 aromatic carbocycles. The number of esters is 1. The maximum Gasteiger partial charge on any atom is 0.338 e. The summed E-state index contributed by atoms with van der Waals surface area (Å²) >= 11 is 5.27. The average Bonchev–Trinajstić information content (AvgIpc) is 3.46. The molecular weight excluding hydrogens is 640 g/mol. The van der Waals surface area contributed by atoms with Gasteiger partial charge in [0.2, 0.25) is 11.1 Å². The Bertz CT molecular complexity index is 1640. The Morgan fingerprint density at radius 3 is 2.43 bits per heavy atom. The molecule has 1 fully saturated rings. The molecule has 2 heterocycles. The van der Waals surface area contributed by atoms with Gasteiger partial charge in [0.05, 0.1) is 17.2 Å². The molecule has 0 radical (unpaired) electrons. The van der Waals surface area contributed by atoms with E-state index >= 15 is 0 Å². The lowest BCUT2D eigenvalue weighted by Crippen LogP contribution is -2.32. The van der Waals surface area contributed by atoms with Gasteiger partial charge in [0, 0.05) is 11.4 Å². The summed E-state index contributed by atoms with van der Waals surface area (Å²) in [5.41, 5.74) is 4.21. The molecule has 0 spiro atoms. The molecule has 1 unspecified atom stereocenters. The van der Waals surface area contributed by atoms with Gasteiger partial charge in [-0.2, -0.15) is 4.98 Å². The van der Waals surface area contributed by atoms with Gasteiger partial charge in [-0.1, -0.05) is 78.8 Å². The van der Waals surface area contributed by atoms with Gasteiger partial charge in [0.15, 0.2) is 11.5 Å². The predicted molar refractivity (Wildman–Crippen MR) is 175 cm³/mol. The second-order valence-electron chi connectivity index (χ2n) is 11.0. The first-order chi connectivity index (χ1) is 21.5. The van der Waals surface area contributed by atoms with E-state index in [1.54, 1.807) is 23.6 Å². The van der Waals surface area contributed by atoms with Gasteiger partial charge in [-0.15, -0.1) is 5.10 Å². The molecule has 1 aromatic heterocycles. The molecule has 6 rings (SSSR count). The molecule has 1 aliphatic carbocycles. The highest BCUT2D eigenvalue weighted by Crippen LogP contribution is 2.44. The zero-order valence-corrected chi connectivity index (χ0v) is 27.2. The number of aromatic nitrogens is 3. The van der Waals surface area contributed by atoms with Crippen LogP contribution < -0.4 is 14.8 Å². The van der Waals surface area contributed by atoms with Crippen LogP contribution in [0, 0.1) is 0 Å². The number of carbonyl (C=O) groups excluding carboxylic acids is 1. The Morgan fingerprint density at radius 1 is 1.02 bits per heavy atom. The molecule has 1 N–H and O–H groups in total. The number of carbonyl (C=O) groups is 1. The molecule has 2 aliphatic rings. The quantitative estimate of drug-likeness (QED) is 0.133. The fourth-order valence-corrected chi connectivity index (χ4v) is 7.01. The number of nitrogens with one attached hydrogen (secondary N) is 1. The SMILES string of the molecule is COc1cc(C2C(C(=O)OC3CCCCC3)=C(C)Nc3nc(SCc4ccccc4)nn32)cc(Br)c1OCc1ccccc1. The minimum atomic E-state index is -0.589. The molecule has 4 aromatic rings. The van der Waals surface area contributed by atoms with Crippen LogP contribution in [0.25, 0.3) is 0 Å². The van der Waals surface area contributed by atoms with Crippen molar-refractivity contribution in [2.24, 2.45) is 0 Å². The molecule has 0 amide bonds. The third-order valence-corrected chi connectivity index (χ3v) is 9.38. The maximum atomic E-state index is 13.9. The highest BCUT2D eigenvalue weighted by molar-refractivity contribution is 9.10. The molecule has 10 heteroatoms. The number of allylic oxidation sites excluding steroid dienone is 1. The average molecular weight is 676 g/mol. The molecule has 0 saturated heterocycles. The first-order valence-corrected chi connectivity index (χ1v) is 16.6. The van der Waals surface area contributed by atoms with Crippen molar-refractivity contribution < 1.29 is 19.0 Å². The minimum Gasteiger partial charge on any atom is -0.493 e. The van der Waals surface area contributed by atoms with Crippen molar-refractivity contribution >= 4 is 39.6 Å². The third-order valence-electron chi connectivity index (χ3n) is 7.88. The maximum absolute atomic E-state index is 13.9. The largest absolute Gasteiger partial charge is 0.493 e. The molecule has 1 saturated carbocycles. The van der Waals surface area contributed by atoms with Crippen molar-refractivity contribution in [3.8, 4) is 11.5 Å². The topological polar surface area (TPSA) is 87.5 Å². The number of hydrogen-bond donors (Lipinski definition) is 1. The first kappa shape index (κ1) is 30.3. The molecule has 0 bridgehead atoms. The van der Waals surface area contributed by atoms with Crippen LogP contribution in [-0.4, -0.2) is 33.9 Å². The van der Waals surface area contributed by atoms with Gasteiger partial charge in [-0.3, -0.25) is 0 Å². The van der Waals surface area contributed by atoms with Crippen molar-refractivity contribution in [1.82, 2.24) is 14.8 Å². The second-order valence-corrected chi connectivity index (χ2v) is 12.8. The van der Waals surface area contributed by atoms with E-state index in [2.05, 4.69) is 33.4 Å². The predicted octanol–water partition coefficient (Wildman–Crippen LogP) is 8.09. The smallest absolute Gasteiger partial charge is 0.338 e. The number of methoxy groups -OCH3 is 1. The number of ether oxygens (including phenoxy) is 3. The minimum absolute atomic E-state index is 0.0821. The zero-order chi connectivity index (χ0) is 30.5. The number of fused-ring (bicyclic) bond motifs is 1. The second kappa shape index (κ2) is 13.9. The van der Waals surface area contributed by atoms with Gasteiger partial charge in [-0.25, -0.2) is 9.48 Å². The van der Waals surface area contributed by atoms with Crippen LogP contribution in [0.2, 0.25) is 0 Å². The van der Waals surface area contributed by atoms with Gasteiger partial charge < -0.3 is 19.5 Å². The van der Waals surface area contributed by atoms with E-state index in [4.69, 9.17) is 24.3 Å². The van der Waals surface area contributed by atoms with E-state index in [9.17, 15) is 4.79 Å². The fraction of sp³-hybridized carbons (Fsp3) is 0.324. The highest BCUT2D eigenvalue weighted by atomic mass is 79.9. The number of benzene rings is 3. The van der Waals surface area contributed by atoms with Crippen molar-refractivity contribution in [3.63, 3.8) is 0 Å². The Hall–Kier alpha value is -3.76. The third kappa shape index (κ3) is 6.81. The molecular formula is C34H35BrN4O4S. The number of hydrogen-bond acceptors (Lipinski definition) is 8. The van der Waals surface area contributed by atoms with Gasteiger partial charge in [-0.05, 0) is 77.4 Å². The summed E-state index contributed by atoms with van der Waals surface area (Å²) < 4.78 is 20.6. The van der Waals surface area contributed by atoms with Crippen molar-refractivity contribution in [2.45, 2.75) is 68.7 Å². The van der Waals surface area contributed by atoms with E-state index in [0.29, 0.717) is 45.0 Å². The van der Waals surface area contributed by atoms with Crippen LogP contribution in [0.5, 0.6) is 11.5 Å². The number of halogens is 1. The number of rotatable bonds is 10. The standard InChI is InChI=1S/C34H35BrN4O4S/c1-22-29(32(40)43-26-16-10-5-11-17-26)30(39-33(36-22)37-34(38-39)44-21-24-14-8-4-9-15-24)25-18-27(35)31(28(19-25)41-2)42-20-23-12-6-3-7-13-23/h3-4,6-9,12-15,18-19,26,30H,5,10-11,16-17,20-21H2,1-2H3,(H,36,37,38). The summed E-state index contributed by atoms with van der Waals surface area (Å²) in [6.45, 7) is 2.28. The molecule has 44 heavy (non-hydrogen) atoms. The zero-order valence-electron chi connectivity index (χ0n) is 24.8. The lowest BCUT2D eigenvalue weighted by molar-refractivity contribution is -0.146. The summed E-state index contributed by atoms with van der Waals surface area (Å²) in [6, 6.07) is 23.5. The van der Waals surface area contributed by atoms with Gasteiger partial charge in [0.1, 0.15) is 18.8 Å². The van der Waals surface area contributed by atoms with Crippen LogP contribution in [0.1, 0.15) is 61.8 Å². The summed E-state index contributed by atoms with van der Waals surface area (Å²) in [6.07, 6.45) is 5.01. The summed E-state index contributed by atoms with van der Waals surface area (Å²) in [7, 11) is 1.61. The van der Waals surface area contributed by atoms with Crippen molar-refractivity contribution in [2.75, 3.05) is 12.4 Å². The lowest BCUT2D eigenvalue weighted by Gasteiger charge is -2.30. The molecule has 1 atom stereocenters. The molecule has 1 aliphatic heterocycles. The summed E-state index contributed by atoms with van der Waals surface area (Å²) in [5.74, 6) is 2.08. The monoisotopic (exact) mass is 674 g/mol. The van der Waals surface area contributed by atoms with Crippen molar-refractivity contribution in [3.05, 3.63) is 105 Å². The van der Waals surface area contributed by atoms with Crippen LogP contribution >= 0.6 is 27.7 Å². The van der Waals surface area contributed by atoms with Crippen molar-refractivity contribution in [1.29, 1.82) is 0 Å². The van der Waals surface area contributed by atoms with Gasteiger partial charge >= 0.3 is 5.97 Å². The Kier molecular flexibility index (Phi) is 9.57. The van der Waals surface area contributed by atoms with E-state index in [-0.39, 0.29) is 12.1 Å². The summed E-state index contributed by atoms with van der Waals surface area (Å²) in [4.78, 5) is 18.7. The first-order valence-electron chi connectivity index (χ1n) is 14.9. The van der Waals surface area contributed by atoms with E-state index in [1.807, 2.05) is 67.6 Å². The van der Waals surface area contributed by atoms with Crippen LogP contribution in [0.4, 0.5) is 5.95 Å².